The summed E-state index contributed by atoms with van der Waals surface area (Å²) in [6, 6.07) is 10.8. The molecule has 0 aromatic heterocycles. The number of hydrogen-bond acceptors (Lipinski definition) is 5. The van der Waals surface area contributed by atoms with Crippen LogP contribution in [0.25, 0.3) is 0 Å². The molecule has 0 aliphatic rings. The molecule has 2 aromatic carbocycles. The van der Waals surface area contributed by atoms with Gasteiger partial charge >= 0.3 is 5.97 Å². The molecule has 2 N–H and O–H groups in total. The van der Waals surface area contributed by atoms with Gasteiger partial charge in [0.25, 0.3) is 5.91 Å². The van der Waals surface area contributed by atoms with E-state index in [1.54, 1.807) is 24.3 Å². The van der Waals surface area contributed by atoms with Crippen LogP contribution in [0.4, 0.5) is 5.69 Å². The van der Waals surface area contributed by atoms with E-state index in [4.69, 9.17) is 21.1 Å². The summed E-state index contributed by atoms with van der Waals surface area (Å²) in [5.41, 5.74) is 0.446. The molecule has 24 heavy (non-hydrogen) atoms. The summed E-state index contributed by atoms with van der Waals surface area (Å²) in [6.07, 6.45) is 0. The van der Waals surface area contributed by atoms with Gasteiger partial charge in [-0.1, -0.05) is 11.6 Å². The highest BCUT2D eigenvalue weighted by Crippen LogP contribution is 2.22. The lowest BCUT2D eigenvalue weighted by molar-refractivity contribution is -0.119. The first-order valence-corrected chi connectivity index (χ1v) is 7.55. The minimum Gasteiger partial charge on any atom is -0.507 e. The molecule has 0 fully saturated rings. The minimum absolute atomic E-state index is 0.101. The molecule has 0 saturated carbocycles. The monoisotopic (exact) mass is 349 g/mol. The molecular formula is C17H16ClNO5. The highest BCUT2D eigenvalue weighted by molar-refractivity contribution is 6.31. The highest BCUT2D eigenvalue weighted by Gasteiger charge is 2.15. The molecule has 0 unspecified atom stereocenters. The van der Waals surface area contributed by atoms with Gasteiger partial charge in [-0.2, -0.15) is 0 Å². The van der Waals surface area contributed by atoms with Gasteiger partial charge < -0.3 is 19.9 Å². The zero-order valence-electron chi connectivity index (χ0n) is 12.9. The molecule has 0 saturated heterocycles. The number of carbonyl (C=O) groups is 2. The largest absolute Gasteiger partial charge is 0.507 e. The van der Waals surface area contributed by atoms with Crippen molar-refractivity contribution in [3.8, 4) is 11.5 Å². The number of aromatic hydroxyl groups is 1. The first kappa shape index (κ1) is 17.6. The Balaban J connectivity index is 1.88. The van der Waals surface area contributed by atoms with Crippen LogP contribution in [-0.4, -0.2) is 30.2 Å². The number of carbonyl (C=O) groups excluding carboxylic acids is 2. The molecule has 0 spiro atoms. The molecule has 0 atom stereocenters. The van der Waals surface area contributed by atoms with Crippen molar-refractivity contribution in [1.82, 2.24) is 0 Å². The van der Waals surface area contributed by atoms with E-state index in [0.717, 1.165) is 0 Å². The van der Waals surface area contributed by atoms with Crippen molar-refractivity contribution in [2.75, 3.05) is 18.5 Å². The van der Waals surface area contributed by atoms with Crippen LogP contribution < -0.4 is 10.1 Å². The third-order valence-electron chi connectivity index (χ3n) is 2.96. The fourth-order valence-electron chi connectivity index (χ4n) is 1.88. The quantitative estimate of drug-likeness (QED) is 0.782. The van der Waals surface area contributed by atoms with Gasteiger partial charge in [-0.05, 0) is 49.4 Å². The number of hydrogen-bond donors (Lipinski definition) is 2. The second kappa shape index (κ2) is 8.21. The molecule has 0 bridgehead atoms. The number of phenolic OH excluding ortho intramolecular Hbond substituents is 1. The average molecular weight is 350 g/mol. The van der Waals surface area contributed by atoms with Crippen molar-refractivity contribution in [3.63, 3.8) is 0 Å². The Morgan fingerprint density at radius 3 is 2.54 bits per heavy atom. The second-order valence-corrected chi connectivity index (χ2v) is 5.18. The van der Waals surface area contributed by atoms with E-state index in [2.05, 4.69) is 5.32 Å². The average Bonchev–Trinajstić information content (AvgIpc) is 2.57. The van der Waals surface area contributed by atoms with Crippen LogP contribution in [0.15, 0.2) is 42.5 Å². The lowest BCUT2D eigenvalue weighted by atomic mass is 10.2. The van der Waals surface area contributed by atoms with Gasteiger partial charge in [0, 0.05) is 10.7 Å². The fraction of sp³-hybridized carbons (Fsp3) is 0.176. The smallest absolute Gasteiger partial charge is 0.342 e. The first-order valence-electron chi connectivity index (χ1n) is 7.18. The van der Waals surface area contributed by atoms with Gasteiger partial charge in [-0.15, -0.1) is 0 Å². The SMILES string of the molecule is CCOc1ccc(NC(=O)COC(=O)c2cc(Cl)ccc2O)cc1. The number of rotatable bonds is 6. The van der Waals surface area contributed by atoms with E-state index in [0.29, 0.717) is 18.0 Å². The van der Waals surface area contributed by atoms with E-state index < -0.39 is 18.5 Å². The summed E-state index contributed by atoms with van der Waals surface area (Å²) in [7, 11) is 0. The third-order valence-corrected chi connectivity index (χ3v) is 3.20. The topological polar surface area (TPSA) is 84.9 Å². The lowest BCUT2D eigenvalue weighted by Crippen LogP contribution is -2.21. The van der Waals surface area contributed by atoms with Crippen LogP contribution in [0.1, 0.15) is 17.3 Å². The zero-order valence-corrected chi connectivity index (χ0v) is 13.7. The Labute approximate surface area is 144 Å². The Kier molecular flexibility index (Phi) is 6.03. The predicted octanol–water partition coefficient (Wildman–Crippen LogP) is 3.24. The normalized spacial score (nSPS) is 10.1. The van der Waals surface area contributed by atoms with Crippen molar-refractivity contribution in [3.05, 3.63) is 53.1 Å². The molecule has 7 heteroatoms. The number of amides is 1. The van der Waals surface area contributed by atoms with E-state index in [-0.39, 0.29) is 16.3 Å². The van der Waals surface area contributed by atoms with Crippen LogP contribution in [0.2, 0.25) is 5.02 Å². The third kappa shape index (κ3) is 4.89. The minimum atomic E-state index is -0.836. The molecule has 0 radical (unpaired) electrons. The molecule has 126 valence electrons. The Morgan fingerprint density at radius 1 is 1.17 bits per heavy atom. The summed E-state index contributed by atoms with van der Waals surface area (Å²) < 4.78 is 10.2. The second-order valence-electron chi connectivity index (χ2n) is 4.74. The lowest BCUT2D eigenvalue weighted by Gasteiger charge is -2.08. The van der Waals surface area contributed by atoms with Gasteiger partial charge in [-0.25, -0.2) is 4.79 Å². The molecule has 2 aromatic rings. The van der Waals surface area contributed by atoms with Crippen LogP contribution in [0.3, 0.4) is 0 Å². The number of halogens is 1. The first-order chi connectivity index (χ1) is 11.5. The number of anilines is 1. The van der Waals surface area contributed by atoms with Gasteiger partial charge in [0.05, 0.1) is 6.61 Å². The molecular weight excluding hydrogens is 334 g/mol. The molecule has 0 aliphatic heterocycles. The van der Waals surface area contributed by atoms with Crippen molar-refractivity contribution in [1.29, 1.82) is 0 Å². The molecule has 1 amide bonds. The van der Waals surface area contributed by atoms with Crippen molar-refractivity contribution in [2.45, 2.75) is 6.92 Å². The van der Waals surface area contributed by atoms with Crippen molar-refractivity contribution in [2.24, 2.45) is 0 Å². The van der Waals surface area contributed by atoms with Gasteiger partial charge in [0.15, 0.2) is 6.61 Å². The molecule has 0 aliphatic carbocycles. The molecule has 2 rings (SSSR count). The highest BCUT2D eigenvalue weighted by atomic mass is 35.5. The number of esters is 1. The van der Waals surface area contributed by atoms with E-state index >= 15 is 0 Å². The standard InChI is InChI=1S/C17H16ClNO5/c1-2-23-13-6-4-12(5-7-13)19-16(21)10-24-17(22)14-9-11(18)3-8-15(14)20/h3-9,20H,2,10H2,1H3,(H,19,21). The number of nitrogens with one attached hydrogen (secondary N) is 1. The fourth-order valence-corrected chi connectivity index (χ4v) is 2.05. The van der Waals surface area contributed by atoms with Gasteiger partial charge in [-0.3, -0.25) is 4.79 Å². The maximum Gasteiger partial charge on any atom is 0.342 e. The summed E-state index contributed by atoms with van der Waals surface area (Å²) >= 11 is 5.76. The van der Waals surface area contributed by atoms with Crippen LogP contribution in [-0.2, 0) is 9.53 Å². The van der Waals surface area contributed by atoms with E-state index in [1.807, 2.05) is 6.92 Å². The number of phenols is 1. The van der Waals surface area contributed by atoms with E-state index in [9.17, 15) is 14.7 Å². The maximum absolute atomic E-state index is 11.9. The predicted molar refractivity (Wildman–Crippen MR) is 89.6 cm³/mol. The van der Waals surface area contributed by atoms with Crippen molar-refractivity contribution >= 4 is 29.2 Å². The van der Waals surface area contributed by atoms with Gasteiger partial charge in [0.1, 0.15) is 17.1 Å². The van der Waals surface area contributed by atoms with Crippen molar-refractivity contribution < 1.29 is 24.2 Å². The summed E-state index contributed by atoms with van der Waals surface area (Å²) in [6.45, 7) is 1.94. The molecule has 6 nitrogen and oxygen atoms in total. The van der Waals surface area contributed by atoms with Crippen LogP contribution in [0, 0.1) is 0 Å². The Morgan fingerprint density at radius 2 is 1.88 bits per heavy atom. The van der Waals surface area contributed by atoms with Crippen LogP contribution >= 0.6 is 11.6 Å². The Bertz CT molecular complexity index is 730. The van der Waals surface area contributed by atoms with E-state index in [1.165, 1.54) is 18.2 Å². The molecule has 0 heterocycles. The summed E-state index contributed by atoms with van der Waals surface area (Å²) in [4.78, 5) is 23.7. The summed E-state index contributed by atoms with van der Waals surface area (Å²) in [5, 5.41) is 12.5. The van der Waals surface area contributed by atoms with Crippen LogP contribution in [0.5, 0.6) is 11.5 Å². The van der Waals surface area contributed by atoms with Gasteiger partial charge in [0.2, 0.25) is 0 Å². The zero-order chi connectivity index (χ0) is 17.5. The summed E-state index contributed by atoms with van der Waals surface area (Å²) in [5.74, 6) is -0.916. The number of benzene rings is 2. The number of ether oxygens (including phenoxy) is 2. The Hall–Kier alpha value is -2.73. The maximum atomic E-state index is 11.9.